The molecule has 5 rings (SSSR count). The van der Waals surface area contributed by atoms with E-state index >= 15 is 0 Å². The van der Waals surface area contributed by atoms with Crippen LogP contribution in [0, 0.1) is 17.7 Å². The molecule has 308 valence electrons. The number of ether oxygens (including phenoxy) is 1. The normalized spacial score (nSPS) is 18.4. The molecule has 1 saturated heterocycles. The van der Waals surface area contributed by atoms with Crippen molar-refractivity contribution in [2.45, 2.75) is 103 Å². The lowest BCUT2D eigenvalue weighted by molar-refractivity contribution is -0.137. The van der Waals surface area contributed by atoms with Crippen LogP contribution < -0.4 is 15.4 Å². The van der Waals surface area contributed by atoms with Crippen LogP contribution in [0.2, 0.25) is 0 Å². The van der Waals surface area contributed by atoms with E-state index in [2.05, 4.69) is 34.4 Å². The summed E-state index contributed by atoms with van der Waals surface area (Å²) in [5.74, 6) is -1.30. The van der Waals surface area contributed by atoms with Gasteiger partial charge in [-0.15, -0.1) is 0 Å². The number of sulfonamides is 1. The maximum atomic E-state index is 13.1. The molecule has 1 unspecified atom stereocenters. The summed E-state index contributed by atoms with van der Waals surface area (Å²) >= 11 is 0. The van der Waals surface area contributed by atoms with Crippen molar-refractivity contribution in [3.05, 3.63) is 83.2 Å². The van der Waals surface area contributed by atoms with E-state index < -0.39 is 33.9 Å². The van der Waals surface area contributed by atoms with Crippen molar-refractivity contribution in [2.24, 2.45) is 11.8 Å². The first-order valence-corrected chi connectivity index (χ1v) is 20.6. The zero-order valence-corrected chi connectivity index (χ0v) is 33.7. The van der Waals surface area contributed by atoms with Gasteiger partial charge in [-0.25, -0.2) is 22.4 Å². The molecule has 0 aromatic heterocycles. The molecule has 56 heavy (non-hydrogen) atoms. The number of benzene rings is 2. The first-order chi connectivity index (χ1) is 26.4. The summed E-state index contributed by atoms with van der Waals surface area (Å²) in [5.41, 5.74) is 1.34. The molecular formula is C40H56FN5O9S. The van der Waals surface area contributed by atoms with Crippen LogP contribution in [0.15, 0.2) is 60.7 Å². The Hall–Kier alpha value is -4.99. The van der Waals surface area contributed by atoms with E-state index in [4.69, 9.17) is 9.84 Å². The SMILES string of the molecule is CCCCC/C=C\[C@@H]1C[C@@H]1C(=O)NS(=O)(=O)Cc1ccccc1.CNC(=O)C1CCCN1C(=O)CNC(=O)OC(C)(C)C.O=C(O)N1Cc2cccc(F)c2C1. The Morgan fingerprint density at radius 3 is 2.34 bits per heavy atom. The fraction of sp³-hybridized carbons (Fsp3) is 0.525. The molecule has 4 N–H and O–H groups in total. The Kier molecular flexibility index (Phi) is 17.3. The number of alkyl carbamates (subject to hydrolysis) is 1. The lowest BCUT2D eigenvalue weighted by atomic mass is 10.1. The second-order valence-corrected chi connectivity index (χ2v) is 16.6. The number of carbonyl (C=O) groups is 5. The van der Waals surface area contributed by atoms with Crippen LogP contribution >= 0.6 is 0 Å². The second-order valence-electron chi connectivity index (χ2n) is 14.9. The van der Waals surface area contributed by atoms with E-state index in [9.17, 15) is 36.8 Å². The van der Waals surface area contributed by atoms with Crippen LogP contribution in [0.1, 0.15) is 89.3 Å². The maximum absolute atomic E-state index is 13.1. The first-order valence-electron chi connectivity index (χ1n) is 18.9. The third-order valence-corrected chi connectivity index (χ3v) is 10.3. The summed E-state index contributed by atoms with van der Waals surface area (Å²) in [7, 11) is -2.07. The van der Waals surface area contributed by atoms with E-state index in [1.807, 2.05) is 6.07 Å². The van der Waals surface area contributed by atoms with Crippen molar-refractivity contribution in [2.75, 3.05) is 20.1 Å². The summed E-state index contributed by atoms with van der Waals surface area (Å²) < 4.78 is 44.4. The predicted octanol–water partition coefficient (Wildman–Crippen LogP) is 5.47. The van der Waals surface area contributed by atoms with Crippen LogP contribution in [-0.2, 0) is 48.0 Å². The van der Waals surface area contributed by atoms with Crippen molar-refractivity contribution in [3.63, 3.8) is 0 Å². The van der Waals surface area contributed by atoms with E-state index in [0.29, 0.717) is 30.6 Å². The Morgan fingerprint density at radius 1 is 1.00 bits per heavy atom. The van der Waals surface area contributed by atoms with Crippen molar-refractivity contribution < 1.29 is 46.6 Å². The lowest BCUT2D eigenvalue weighted by Gasteiger charge is -2.24. The van der Waals surface area contributed by atoms with Gasteiger partial charge in [0.25, 0.3) is 0 Å². The summed E-state index contributed by atoms with van der Waals surface area (Å²) in [6.07, 6.45) is 9.34. The average Bonchev–Trinajstić information content (AvgIpc) is 3.50. The molecule has 1 saturated carbocycles. The van der Waals surface area contributed by atoms with Gasteiger partial charge in [-0.3, -0.25) is 24.0 Å². The third-order valence-electron chi connectivity index (χ3n) is 9.09. The molecule has 3 atom stereocenters. The van der Waals surface area contributed by atoms with Gasteiger partial charge in [0.2, 0.25) is 27.7 Å². The number of rotatable bonds is 12. The molecule has 16 heteroatoms. The minimum atomic E-state index is -3.62. The van der Waals surface area contributed by atoms with Crippen molar-refractivity contribution in [3.8, 4) is 0 Å². The fourth-order valence-electron chi connectivity index (χ4n) is 6.15. The molecule has 1 aliphatic carbocycles. The minimum Gasteiger partial charge on any atom is -0.465 e. The topological polar surface area (TPSA) is 192 Å². The summed E-state index contributed by atoms with van der Waals surface area (Å²) in [4.78, 5) is 60.4. The summed E-state index contributed by atoms with van der Waals surface area (Å²) in [5, 5.41) is 13.6. The number of fused-ring (bicyclic) bond motifs is 1. The Morgan fingerprint density at radius 2 is 1.71 bits per heavy atom. The van der Waals surface area contributed by atoms with E-state index in [0.717, 1.165) is 24.8 Å². The molecule has 2 heterocycles. The van der Waals surface area contributed by atoms with Gasteiger partial charge >= 0.3 is 12.2 Å². The number of likely N-dealkylation sites (N-methyl/N-ethyl adjacent to an activating group) is 1. The molecule has 0 spiro atoms. The van der Waals surface area contributed by atoms with Gasteiger partial charge in [-0.05, 0) is 76.0 Å². The zero-order chi connectivity index (χ0) is 41.5. The van der Waals surface area contributed by atoms with Crippen LogP contribution in [0.4, 0.5) is 14.0 Å². The molecule has 0 bridgehead atoms. The quantitative estimate of drug-likeness (QED) is 0.159. The highest BCUT2D eigenvalue weighted by atomic mass is 32.2. The highest BCUT2D eigenvalue weighted by Gasteiger charge is 2.42. The smallest absolute Gasteiger partial charge is 0.408 e. The Bertz CT molecular complexity index is 1800. The molecule has 2 fully saturated rings. The van der Waals surface area contributed by atoms with E-state index in [-0.39, 0.29) is 54.2 Å². The number of carbonyl (C=O) groups excluding carboxylic acids is 4. The number of hydrogen-bond donors (Lipinski definition) is 4. The van der Waals surface area contributed by atoms with Crippen molar-refractivity contribution >= 4 is 39.9 Å². The largest absolute Gasteiger partial charge is 0.465 e. The standard InChI is InChI=1S/C18H25NO3S.C13H23N3O4.C9H8FNO2/c1-2-3-4-5-9-12-16-13-17(16)18(20)19-23(21,22)14-15-10-7-6-8-11-15;1-13(2,3)20-12(19)15-8-10(17)16-7-5-6-9(16)11(18)14-4;10-8-3-1-2-6-4-11(9(12)13)5-7(6)8/h6-12,16-17H,2-5,13-14H2,1H3,(H,19,20);9H,5-8H2,1-4H3,(H,14,18)(H,15,19);1-3H,4-5H2,(H,12,13)/b12-9-;;/t16-,17+;;/m1../s1. The number of halogens is 1. The Balaban J connectivity index is 0.000000233. The van der Waals surface area contributed by atoms with E-state index in [1.165, 1.54) is 35.1 Å². The first kappa shape index (κ1) is 45.4. The van der Waals surface area contributed by atoms with Gasteiger partial charge in [0.15, 0.2) is 0 Å². The van der Waals surface area contributed by atoms with Crippen LogP contribution in [0.5, 0.6) is 0 Å². The molecular weight excluding hydrogens is 746 g/mol. The van der Waals surface area contributed by atoms with Gasteiger partial charge < -0.3 is 25.4 Å². The molecule has 3 aliphatic rings. The monoisotopic (exact) mass is 801 g/mol. The third kappa shape index (κ3) is 15.3. The minimum absolute atomic E-state index is 0.163. The van der Waals surface area contributed by atoms with Gasteiger partial charge in [-0.1, -0.05) is 74.4 Å². The highest BCUT2D eigenvalue weighted by molar-refractivity contribution is 7.89. The van der Waals surface area contributed by atoms with Crippen molar-refractivity contribution in [1.29, 1.82) is 0 Å². The number of allylic oxidation sites excluding steroid dienone is 2. The highest BCUT2D eigenvalue weighted by Crippen LogP contribution is 2.40. The number of hydrogen-bond acceptors (Lipinski definition) is 8. The second kappa shape index (κ2) is 21.3. The van der Waals surface area contributed by atoms with Crippen LogP contribution in [0.25, 0.3) is 0 Å². The summed E-state index contributed by atoms with van der Waals surface area (Å²) in [6, 6.07) is 13.1. The summed E-state index contributed by atoms with van der Waals surface area (Å²) in [6.45, 7) is 8.24. The number of unbranched alkanes of at least 4 members (excludes halogenated alkanes) is 3. The van der Waals surface area contributed by atoms with Gasteiger partial charge in [0.05, 0.1) is 12.3 Å². The number of nitrogens with zero attached hydrogens (tertiary/aromatic N) is 2. The average molecular weight is 802 g/mol. The van der Waals surface area contributed by atoms with Crippen LogP contribution in [0.3, 0.4) is 0 Å². The Labute approximate surface area is 329 Å². The molecule has 0 radical (unpaired) electrons. The maximum Gasteiger partial charge on any atom is 0.408 e. The molecule has 2 aromatic carbocycles. The van der Waals surface area contributed by atoms with Gasteiger partial charge in [0.1, 0.15) is 24.0 Å². The van der Waals surface area contributed by atoms with Crippen LogP contribution in [-0.4, -0.2) is 85.0 Å². The predicted molar refractivity (Wildman–Crippen MR) is 209 cm³/mol. The fourth-order valence-corrected chi connectivity index (χ4v) is 7.32. The number of amides is 5. The zero-order valence-electron chi connectivity index (χ0n) is 32.9. The van der Waals surface area contributed by atoms with Crippen molar-refractivity contribution in [1.82, 2.24) is 25.2 Å². The lowest BCUT2D eigenvalue weighted by Crippen LogP contribution is -2.48. The molecule has 5 amide bonds. The van der Waals surface area contributed by atoms with Gasteiger partial charge in [-0.2, -0.15) is 0 Å². The molecule has 2 aliphatic heterocycles. The number of likely N-dealkylation sites (tertiary alicyclic amines) is 1. The number of nitrogens with one attached hydrogen (secondary N) is 3. The van der Waals surface area contributed by atoms with E-state index in [1.54, 1.807) is 64.2 Å². The molecule has 14 nitrogen and oxygen atoms in total. The number of carboxylic acid groups (broad SMARTS) is 1. The molecule has 2 aromatic rings. The van der Waals surface area contributed by atoms with Gasteiger partial charge in [0, 0.05) is 31.6 Å².